The number of carbonyl (C=O) groups excluding carboxylic acids is 2. The number of benzene rings is 2. The number of ether oxygens (including phenoxy) is 1. The second-order valence-electron chi connectivity index (χ2n) is 6.00. The van der Waals surface area contributed by atoms with E-state index >= 15 is 0 Å². The molecule has 0 atom stereocenters. The van der Waals surface area contributed by atoms with Crippen molar-refractivity contribution in [1.82, 2.24) is 9.97 Å². The van der Waals surface area contributed by atoms with Gasteiger partial charge in [0.05, 0.1) is 23.4 Å². The molecule has 0 fully saturated rings. The maximum Gasteiger partial charge on any atom is 0.340 e. The number of hydrogen-bond donors (Lipinski definition) is 2. The molecule has 3 aromatic rings. The van der Waals surface area contributed by atoms with Gasteiger partial charge in [0.15, 0.2) is 0 Å². The number of anilines is 2. The summed E-state index contributed by atoms with van der Waals surface area (Å²) in [5.41, 5.74) is 1.71. The summed E-state index contributed by atoms with van der Waals surface area (Å²) in [5, 5.41) is 5.67. The normalized spacial score (nSPS) is 10.3. The standard InChI is InChI=1S/C21H19FN4O3/c1-2-29-20(28)17-5-3-4-6-18(17)26-19(27)15-12-24-21(25-13-15)23-11-14-7-9-16(22)10-8-14/h3-10,12-13H,2,11H2,1H3,(H,26,27)(H,23,24,25). The Morgan fingerprint density at radius 1 is 1.03 bits per heavy atom. The quantitative estimate of drug-likeness (QED) is 0.594. The lowest BCUT2D eigenvalue weighted by Gasteiger charge is -2.10. The monoisotopic (exact) mass is 394 g/mol. The summed E-state index contributed by atoms with van der Waals surface area (Å²) in [6.45, 7) is 2.36. The van der Waals surface area contributed by atoms with E-state index in [0.29, 0.717) is 18.2 Å². The lowest BCUT2D eigenvalue weighted by atomic mass is 10.1. The van der Waals surface area contributed by atoms with Crippen LogP contribution in [0.15, 0.2) is 60.9 Å². The lowest BCUT2D eigenvalue weighted by Crippen LogP contribution is -2.16. The molecule has 0 spiro atoms. The Morgan fingerprint density at radius 3 is 2.41 bits per heavy atom. The van der Waals surface area contributed by atoms with Gasteiger partial charge in [-0.3, -0.25) is 4.79 Å². The van der Waals surface area contributed by atoms with Crippen molar-refractivity contribution in [3.8, 4) is 0 Å². The zero-order chi connectivity index (χ0) is 20.6. The highest BCUT2D eigenvalue weighted by Crippen LogP contribution is 2.17. The Hall–Kier alpha value is -3.81. The molecule has 0 aliphatic carbocycles. The zero-order valence-electron chi connectivity index (χ0n) is 15.7. The van der Waals surface area contributed by atoms with Crippen LogP contribution in [0.3, 0.4) is 0 Å². The molecule has 2 aromatic carbocycles. The minimum absolute atomic E-state index is 0.232. The summed E-state index contributed by atoms with van der Waals surface area (Å²) in [6, 6.07) is 12.6. The number of nitrogens with one attached hydrogen (secondary N) is 2. The summed E-state index contributed by atoms with van der Waals surface area (Å²) in [6.07, 6.45) is 2.75. The molecule has 0 aliphatic heterocycles. The molecule has 0 saturated carbocycles. The molecular formula is C21H19FN4O3. The zero-order valence-corrected chi connectivity index (χ0v) is 15.7. The van der Waals surface area contributed by atoms with Gasteiger partial charge >= 0.3 is 5.97 Å². The first-order valence-corrected chi connectivity index (χ1v) is 8.94. The fraction of sp³-hybridized carbons (Fsp3) is 0.143. The van der Waals surface area contributed by atoms with Crippen LogP contribution in [-0.4, -0.2) is 28.5 Å². The number of nitrogens with zero attached hydrogens (tertiary/aromatic N) is 2. The lowest BCUT2D eigenvalue weighted by molar-refractivity contribution is 0.0527. The highest BCUT2D eigenvalue weighted by atomic mass is 19.1. The minimum atomic E-state index is -0.514. The van der Waals surface area contributed by atoms with E-state index in [2.05, 4.69) is 20.6 Å². The van der Waals surface area contributed by atoms with Crippen molar-refractivity contribution in [2.45, 2.75) is 13.5 Å². The van der Waals surface area contributed by atoms with Crippen molar-refractivity contribution in [3.63, 3.8) is 0 Å². The molecule has 29 heavy (non-hydrogen) atoms. The Kier molecular flexibility index (Phi) is 6.47. The Labute approximate surface area is 167 Å². The molecule has 7 nitrogen and oxygen atoms in total. The molecule has 0 radical (unpaired) electrons. The third-order valence-electron chi connectivity index (χ3n) is 3.95. The van der Waals surface area contributed by atoms with E-state index < -0.39 is 11.9 Å². The third kappa shape index (κ3) is 5.35. The van der Waals surface area contributed by atoms with Crippen molar-refractivity contribution in [2.75, 3.05) is 17.2 Å². The van der Waals surface area contributed by atoms with Crippen molar-refractivity contribution < 1.29 is 18.7 Å². The Morgan fingerprint density at radius 2 is 1.72 bits per heavy atom. The molecule has 2 N–H and O–H groups in total. The topological polar surface area (TPSA) is 93.2 Å². The average Bonchev–Trinajstić information content (AvgIpc) is 2.74. The van der Waals surface area contributed by atoms with Crippen molar-refractivity contribution >= 4 is 23.5 Å². The molecule has 1 aromatic heterocycles. The number of esters is 1. The van der Waals surface area contributed by atoms with Gasteiger partial charge in [-0.2, -0.15) is 0 Å². The van der Waals surface area contributed by atoms with E-state index in [1.54, 1.807) is 43.3 Å². The Bertz CT molecular complexity index is 992. The van der Waals surface area contributed by atoms with Gasteiger partial charge < -0.3 is 15.4 Å². The predicted octanol–water partition coefficient (Wildman–Crippen LogP) is 3.66. The van der Waals surface area contributed by atoms with Crippen molar-refractivity contribution in [1.29, 1.82) is 0 Å². The van der Waals surface area contributed by atoms with Gasteiger partial charge in [-0.15, -0.1) is 0 Å². The maximum absolute atomic E-state index is 12.9. The van der Waals surface area contributed by atoms with Crippen LogP contribution in [-0.2, 0) is 11.3 Å². The van der Waals surface area contributed by atoms with E-state index in [4.69, 9.17) is 4.74 Å². The predicted molar refractivity (Wildman–Crippen MR) is 106 cm³/mol. The summed E-state index contributed by atoms with van der Waals surface area (Å²) in [4.78, 5) is 32.7. The SMILES string of the molecule is CCOC(=O)c1ccccc1NC(=O)c1cnc(NCc2ccc(F)cc2)nc1. The van der Waals surface area contributed by atoms with Crippen LogP contribution in [0.2, 0.25) is 0 Å². The van der Waals surface area contributed by atoms with Gasteiger partial charge in [-0.05, 0) is 36.8 Å². The molecule has 1 heterocycles. The molecule has 3 rings (SSSR count). The second-order valence-corrected chi connectivity index (χ2v) is 6.00. The fourth-order valence-corrected chi connectivity index (χ4v) is 2.49. The smallest absolute Gasteiger partial charge is 0.340 e. The van der Waals surface area contributed by atoms with E-state index in [9.17, 15) is 14.0 Å². The number of halogens is 1. The molecule has 148 valence electrons. The average molecular weight is 394 g/mol. The van der Waals surface area contributed by atoms with Crippen LogP contribution in [0, 0.1) is 5.82 Å². The summed E-state index contributed by atoms with van der Waals surface area (Å²) >= 11 is 0. The number of aromatic nitrogens is 2. The largest absolute Gasteiger partial charge is 0.462 e. The fourth-order valence-electron chi connectivity index (χ4n) is 2.49. The van der Waals surface area contributed by atoms with Gasteiger partial charge in [-0.1, -0.05) is 24.3 Å². The summed E-state index contributed by atoms with van der Waals surface area (Å²) in [7, 11) is 0. The number of amides is 1. The van der Waals surface area contributed by atoms with Crippen molar-refractivity contribution in [2.24, 2.45) is 0 Å². The van der Waals surface area contributed by atoms with Crippen LogP contribution in [0.4, 0.5) is 16.0 Å². The highest BCUT2D eigenvalue weighted by molar-refractivity contribution is 6.07. The molecule has 0 aliphatic rings. The van der Waals surface area contributed by atoms with Crippen LogP contribution in [0.1, 0.15) is 33.2 Å². The number of rotatable bonds is 7. The van der Waals surface area contributed by atoms with Crippen LogP contribution < -0.4 is 10.6 Å². The first-order chi connectivity index (χ1) is 14.1. The van der Waals surface area contributed by atoms with Gasteiger partial charge in [0.2, 0.25) is 5.95 Å². The van der Waals surface area contributed by atoms with Crippen LogP contribution >= 0.6 is 0 Å². The second kappa shape index (κ2) is 9.41. The van der Waals surface area contributed by atoms with E-state index in [-0.39, 0.29) is 23.6 Å². The molecular weight excluding hydrogens is 375 g/mol. The van der Waals surface area contributed by atoms with Gasteiger partial charge in [0.1, 0.15) is 5.82 Å². The Balaban J connectivity index is 1.63. The molecule has 1 amide bonds. The number of carbonyl (C=O) groups is 2. The maximum atomic E-state index is 12.9. The van der Waals surface area contributed by atoms with E-state index in [1.165, 1.54) is 24.5 Å². The minimum Gasteiger partial charge on any atom is -0.462 e. The van der Waals surface area contributed by atoms with Crippen molar-refractivity contribution in [3.05, 3.63) is 83.4 Å². The number of para-hydroxylation sites is 1. The summed E-state index contributed by atoms with van der Waals surface area (Å²) in [5.74, 6) is -0.936. The van der Waals surface area contributed by atoms with Gasteiger partial charge in [0, 0.05) is 18.9 Å². The molecule has 0 saturated heterocycles. The molecule has 0 unspecified atom stereocenters. The summed E-state index contributed by atoms with van der Waals surface area (Å²) < 4.78 is 17.9. The van der Waals surface area contributed by atoms with Crippen LogP contribution in [0.25, 0.3) is 0 Å². The first-order valence-electron chi connectivity index (χ1n) is 8.94. The highest BCUT2D eigenvalue weighted by Gasteiger charge is 2.15. The van der Waals surface area contributed by atoms with Gasteiger partial charge in [-0.25, -0.2) is 19.2 Å². The molecule has 0 bridgehead atoms. The first kappa shape index (κ1) is 19.9. The van der Waals surface area contributed by atoms with E-state index in [0.717, 1.165) is 5.56 Å². The number of hydrogen-bond acceptors (Lipinski definition) is 6. The van der Waals surface area contributed by atoms with Gasteiger partial charge in [0.25, 0.3) is 5.91 Å². The third-order valence-corrected chi connectivity index (χ3v) is 3.95. The van der Waals surface area contributed by atoms with E-state index in [1.807, 2.05) is 0 Å². The van der Waals surface area contributed by atoms with Crippen LogP contribution in [0.5, 0.6) is 0 Å². The molecule has 8 heteroatoms.